The van der Waals surface area contributed by atoms with Crippen molar-refractivity contribution in [1.82, 2.24) is 9.88 Å². The molecular formula is C28H23N3O5. The van der Waals surface area contributed by atoms with E-state index in [1.165, 1.54) is 12.0 Å². The predicted octanol–water partition coefficient (Wildman–Crippen LogP) is 4.45. The van der Waals surface area contributed by atoms with Gasteiger partial charge >= 0.3 is 12.0 Å². The van der Waals surface area contributed by atoms with Crippen LogP contribution in [0, 0.1) is 0 Å². The monoisotopic (exact) mass is 481 g/mol. The number of ether oxygens (including phenoxy) is 2. The van der Waals surface area contributed by atoms with Crippen molar-refractivity contribution in [2.75, 3.05) is 19.1 Å². The van der Waals surface area contributed by atoms with Crippen molar-refractivity contribution in [2.24, 2.45) is 0 Å². The van der Waals surface area contributed by atoms with Crippen LogP contribution in [0.1, 0.15) is 33.2 Å². The Hall–Kier alpha value is -4.59. The summed E-state index contributed by atoms with van der Waals surface area (Å²) in [5, 5.41) is 1.03. The van der Waals surface area contributed by atoms with Crippen LogP contribution in [0.3, 0.4) is 0 Å². The van der Waals surface area contributed by atoms with Crippen molar-refractivity contribution in [3.63, 3.8) is 0 Å². The van der Waals surface area contributed by atoms with Gasteiger partial charge in [-0.15, -0.1) is 0 Å². The molecule has 0 spiro atoms. The molecule has 3 amide bonds. The highest BCUT2D eigenvalue weighted by Gasteiger charge is 2.53. The van der Waals surface area contributed by atoms with Crippen LogP contribution in [0.15, 0.2) is 72.8 Å². The number of benzene rings is 3. The van der Waals surface area contributed by atoms with Gasteiger partial charge in [0.25, 0.3) is 5.91 Å². The van der Waals surface area contributed by atoms with E-state index in [-0.39, 0.29) is 5.91 Å². The number of aromatic amines is 1. The number of rotatable bonds is 4. The van der Waals surface area contributed by atoms with Crippen LogP contribution >= 0.6 is 0 Å². The summed E-state index contributed by atoms with van der Waals surface area (Å²) >= 11 is 0. The molecule has 8 nitrogen and oxygen atoms in total. The number of para-hydroxylation sites is 1. The summed E-state index contributed by atoms with van der Waals surface area (Å²) in [5.41, 5.74) is 4.49. The number of anilines is 1. The van der Waals surface area contributed by atoms with Gasteiger partial charge in [-0.25, -0.2) is 14.5 Å². The number of imide groups is 1. The third-order valence-electron chi connectivity index (χ3n) is 7.01. The highest BCUT2D eigenvalue weighted by molar-refractivity contribution is 6.22. The molecule has 8 heteroatoms. The molecule has 2 aliphatic heterocycles. The lowest BCUT2D eigenvalue weighted by atomic mass is 9.88. The number of methoxy groups -OCH3 is 2. The van der Waals surface area contributed by atoms with Crippen LogP contribution in [0.25, 0.3) is 10.9 Å². The Morgan fingerprint density at radius 2 is 1.75 bits per heavy atom. The number of aromatic nitrogens is 1. The van der Waals surface area contributed by atoms with Gasteiger partial charge in [0.15, 0.2) is 0 Å². The molecular weight excluding hydrogens is 458 g/mol. The van der Waals surface area contributed by atoms with E-state index in [0.29, 0.717) is 23.4 Å². The third-order valence-corrected chi connectivity index (χ3v) is 7.01. The molecule has 1 aromatic heterocycles. The van der Waals surface area contributed by atoms with Gasteiger partial charge in [-0.1, -0.05) is 36.4 Å². The minimum atomic E-state index is -0.666. The van der Waals surface area contributed by atoms with Gasteiger partial charge < -0.3 is 14.5 Å². The summed E-state index contributed by atoms with van der Waals surface area (Å²) < 4.78 is 10.1. The Labute approximate surface area is 207 Å². The molecule has 36 heavy (non-hydrogen) atoms. The minimum absolute atomic E-state index is 0.277. The molecule has 0 aliphatic carbocycles. The summed E-state index contributed by atoms with van der Waals surface area (Å²) in [6.45, 7) is 0. The minimum Gasteiger partial charge on any atom is -0.497 e. The number of hydrogen-bond donors (Lipinski definition) is 1. The molecule has 1 saturated heterocycles. The highest BCUT2D eigenvalue weighted by atomic mass is 16.5. The van der Waals surface area contributed by atoms with Crippen LogP contribution in [-0.4, -0.2) is 48.1 Å². The average Bonchev–Trinajstić information content (AvgIpc) is 3.41. The SMILES string of the molecule is COC(=O)c1ccc([C@H]2c3[nH]c4ccccc4c3C[C@@H]3C(=O)N(c4cccc(OC)c4)C(=O)N23)cc1. The van der Waals surface area contributed by atoms with E-state index >= 15 is 0 Å². The average molecular weight is 482 g/mol. The number of carbonyl (C=O) groups excluding carboxylic acids is 3. The molecule has 0 radical (unpaired) electrons. The fourth-order valence-corrected chi connectivity index (χ4v) is 5.33. The molecule has 6 rings (SSSR count). The first-order chi connectivity index (χ1) is 17.5. The van der Waals surface area contributed by atoms with Crippen LogP contribution in [0.5, 0.6) is 5.75 Å². The second-order valence-electron chi connectivity index (χ2n) is 8.86. The Bertz CT molecular complexity index is 1520. The van der Waals surface area contributed by atoms with E-state index < -0.39 is 24.1 Å². The standard InChI is InChI=1S/C28H23N3O5/c1-35-19-7-5-6-18(14-19)30-26(32)23-15-21-20-8-3-4-9-22(20)29-24(21)25(31(23)28(30)34)16-10-12-17(13-11-16)27(33)36-2/h3-14,23,25,29H,15H2,1-2H3/t23-,25+/m1/s1. The number of hydrogen-bond acceptors (Lipinski definition) is 5. The highest BCUT2D eigenvalue weighted by Crippen LogP contribution is 2.45. The molecule has 2 atom stereocenters. The molecule has 1 N–H and O–H groups in total. The lowest BCUT2D eigenvalue weighted by Crippen LogP contribution is -2.44. The Morgan fingerprint density at radius 1 is 0.972 bits per heavy atom. The Kier molecular flexibility index (Phi) is 5.03. The van der Waals surface area contributed by atoms with Crippen molar-refractivity contribution >= 4 is 34.5 Å². The maximum absolute atomic E-state index is 13.9. The number of esters is 1. The lowest BCUT2D eigenvalue weighted by Gasteiger charge is -2.36. The second kappa shape index (κ2) is 8.27. The number of carbonyl (C=O) groups is 3. The number of urea groups is 1. The maximum Gasteiger partial charge on any atom is 0.337 e. The number of amides is 3. The zero-order valence-corrected chi connectivity index (χ0v) is 19.7. The third kappa shape index (κ3) is 3.18. The van der Waals surface area contributed by atoms with E-state index in [2.05, 4.69) is 4.98 Å². The van der Waals surface area contributed by atoms with E-state index in [0.717, 1.165) is 27.7 Å². The normalized spacial score (nSPS) is 18.8. The van der Waals surface area contributed by atoms with Crippen LogP contribution in [-0.2, 0) is 16.0 Å². The summed E-state index contributed by atoms with van der Waals surface area (Å²) in [7, 11) is 2.88. The quantitative estimate of drug-likeness (QED) is 0.344. The molecule has 4 aromatic rings. The van der Waals surface area contributed by atoms with Gasteiger partial charge in [0, 0.05) is 29.1 Å². The number of nitrogens with one attached hydrogen (secondary N) is 1. The first-order valence-corrected chi connectivity index (χ1v) is 11.6. The number of nitrogens with zero attached hydrogens (tertiary/aromatic N) is 2. The van der Waals surface area contributed by atoms with Gasteiger partial charge in [-0.05, 0) is 41.5 Å². The second-order valence-corrected chi connectivity index (χ2v) is 8.86. The molecule has 3 heterocycles. The van der Waals surface area contributed by atoms with Crippen LogP contribution in [0.4, 0.5) is 10.5 Å². The molecule has 2 aliphatic rings. The fraction of sp³-hybridized carbons (Fsp3) is 0.179. The van der Waals surface area contributed by atoms with Crippen LogP contribution in [0.2, 0.25) is 0 Å². The summed E-state index contributed by atoms with van der Waals surface area (Å²) in [6.07, 6.45) is 0.404. The van der Waals surface area contributed by atoms with Crippen molar-refractivity contribution in [2.45, 2.75) is 18.5 Å². The van der Waals surface area contributed by atoms with Gasteiger partial charge in [-0.3, -0.25) is 9.69 Å². The van der Waals surface area contributed by atoms with Crippen molar-refractivity contribution in [3.05, 3.63) is 95.2 Å². The predicted molar refractivity (Wildman–Crippen MR) is 133 cm³/mol. The Morgan fingerprint density at radius 3 is 2.50 bits per heavy atom. The zero-order valence-electron chi connectivity index (χ0n) is 19.7. The zero-order chi connectivity index (χ0) is 25.0. The Balaban J connectivity index is 1.50. The number of H-pyrrole nitrogens is 1. The molecule has 0 bridgehead atoms. The molecule has 0 saturated carbocycles. The largest absolute Gasteiger partial charge is 0.497 e. The van der Waals surface area contributed by atoms with Gasteiger partial charge in [-0.2, -0.15) is 0 Å². The topological polar surface area (TPSA) is 91.9 Å². The molecule has 0 unspecified atom stereocenters. The van der Waals surface area contributed by atoms with Crippen LogP contribution < -0.4 is 9.64 Å². The summed E-state index contributed by atoms with van der Waals surface area (Å²) in [5.74, 6) is -0.157. The fourth-order valence-electron chi connectivity index (χ4n) is 5.33. The first kappa shape index (κ1) is 21.9. The first-order valence-electron chi connectivity index (χ1n) is 11.6. The van der Waals surface area contributed by atoms with Gasteiger partial charge in [0.05, 0.1) is 25.5 Å². The lowest BCUT2D eigenvalue weighted by molar-refractivity contribution is -0.120. The van der Waals surface area contributed by atoms with Crippen molar-refractivity contribution in [1.29, 1.82) is 0 Å². The number of fused-ring (bicyclic) bond motifs is 4. The smallest absolute Gasteiger partial charge is 0.337 e. The molecule has 180 valence electrons. The van der Waals surface area contributed by atoms with Crippen molar-refractivity contribution in [3.8, 4) is 5.75 Å². The van der Waals surface area contributed by atoms with Gasteiger partial charge in [0.2, 0.25) is 0 Å². The van der Waals surface area contributed by atoms with E-state index in [4.69, 9.17) is 9.47 Å². The van der Waals surface area contributed by atoms with E-state index in [1.54, 1.807) is 60.5 Å². The maximum atomic E-state index is 13.9. The van der Waals surface area contributed by atoms with Gasteiger partial charge in [0.1, 0.15) is 17.8 Å². The van der Waals surface area contributed by atoms with E-state index in [9.17, 15) is 14.4 Å². The van der Waals surface area contributed by atoms with E-state index in [1.807, 2.05) is 24.3 Å². The molecule has 1 fully saturated rings. The summed E-state index contributed by atoms with van der Waals surface area (Å²) in [4.78, 5) is 46.0. The van der Waals surface area contributed by atoms with Crippen molar-refractivity contribution < 1.29 is 23.9 Å². The molecule has 3 aromatic carbocycles. The summed E-state index contributed by atoms with van der Waals surface area (Å²) in [6, 6.07) is 20.2.